The molecule has 10 nitrogen and oxygen atoms in total. The molecule has 0 unspecified atom stereocenters. The number of hydrogen-bond acceptors (Lipinski definition) is 6. The highest BCUT2D eigenvalue weighted by molar-refractivity contribution is 6.02. The predicted octanol–water partition coefficient (Wildman–Crippen LogP) is 3.87. The summed E-state index contributed by atoms with van der Waals surface area (Å²) in [4.78, 5) is 29.7. The van der Waals surface area contributed by atoms with Crippen molar-refractivity contribution in [3.63, 3.8) is 0 Å². The van der Waals surface area contributed by atoms with Gasteiger partial charge in [-0.1, -0.05) is 24.3 Å². The number of fused-ring (bicyclic) bond motifs is 1. The number of anilines is 1. The number of carbonyl (C=O) groups excluding carboxylic acids is 2. The quantitative estimate of drug-likeness (QED) is 0.342. The first kappa shape index (κ1) is 26.7. The van der Waals surface area contributed by atoms with E-state index in [0.717, 1.165) is 5.52 Å². The summed E-state index contributed by atoms with van der Waals surface area (Å²) >= 11 is 0. The maximum absolute atomic E-state index is 14.2. The Bertz CT molecular complexity index is 1440. The fourth-order valence-corrected chi connectivity index (χ4v) is 4.27. The van der Waals surface area contributed by atoms with E-state index in [1.807, 2.05) is 75.0 Å². The van der Waals surface area contributed by atoms with E-state index in [2.05, 4.69) is 15.6 Å². The second-order valence-electron chi connectivity index (χ2n) is 9.71. The lowest BCUT2D eigenvalue weighted by Crippen LogP contribution is -2.51. The number of nitrogens with zero attached hydrogens (tertiary/aromatic N) is 5. The Morgan fingerprint density at radius 1 is 1.08 bits per heavy atom. The average molecular weight is 519 g/mol. The molecule has 0 saturated carbocycles. The molecule has 2 amide bonds. The highest BCUT2D eigenvalue weighted by Crippen LogP contribution is 2.38. The third-order valence-corrected chi connectivity index (χ3v) is 6.74. The molecule has 4 rings (SSSR count). The number of rotatable bonds is 10. The number of nitrogens with one attached hydrogen (secondary N) is 1. The molecule has 2 aromatic heterocycles. The molecular weight excluding hydrogens is 484 g/mol. The first-order valence-electron chi connectivity index (χ1n) is 12.4. The van der Waals surface area contributed by atoms with E-state index in [4.69, 9.17) is 9.47 Å². The molecule has 0 bridgehead atoms. The first-order chi connectivity index (χ1) is 18.2. The first-order valence-corrected chi connectivity index (χ1v) is 12.4. The molecule has 2 heterocycles. The van der Waals surface area contributed by atoms with Crippen LogP contribution < -0.4 is 19.7 Å². The standard InChI is InChI=1S/C28H34N6O4/c1-7-28(2,3)29-27(36)26(23-13-10-16-32(23)4)34(22-15-14-19(37-5)17-24(22)38-6)25(35)18-33-21-12-9-8-11-20(21)30-31-33/h8-17,26H,7,18H2,1-6H3,(H,29,36)/t26-/m0/s1. The van der Waals surface area contributed by atoms with Gasteiger partial charge in [0.15, 0.2) is 6.04 Å². The summed E-state index contributed by atoms with van der Waals surface area (Å²) in [6, 6.07) is 15.3. The van der Waals surface area contributed by atoms with E-state index >= 15 is 0 Å². The molecule has 2 aromatic carbocycles. The fraction of sp³-hybridized carbons (Fsp3) is 0.357. The van der Waals surface area contributed by atoms with Gasteiger partial charge < -0.3 is 19.4 Å². The maximum Gasteiger partial charge on any atom is 0.249 e. The Labute approximate surface area is 222 Å². The molecule has 1 atom stereocenters. The largest absolute Gasteiger partial charge is 0.497 e. The van der Waals surface area contributed by atoms with Gasteiger partial charge in [0.05, 0.1) is 31.1 Å². The lowest BCUT2D eigenvalue weighted by molar-refractivity contribution is -0.128. The summed E-state index contributed by atoms with van der Waals surface area (Å²) in [6.07, 6.45) is 2.56. The third-order valence-electron chi connectivity index (χ3n) is 6.74. The zero-order valence-electron chi connectivity index (χ0n) is 22.6. The van der Waals surface area contributed by atoms with Gasteiger partial charge in [-0.25, -0.2) is 4.68 Å². The normalized spacial score (nSPS) is 12.3. The van der Waals surface area contributed by atoms with E-state index in [0.29, 0.717) is 34.8 Å². The lowest BCUT2D eigenvalue weighted by atomic mass is 10.00. The van der Waals surface area contributed by atoms with Gasteiger partial charge in [0.2, 0.25) is 11.8 Å². The predicted molar refractivity (Wildman–Crippen MR) is 145 cm³/mol. The minimum absolute atomic E-state index is 0.138. The van der Waals surface area contributed by atoms with Crippen molar-refractivity contribution in [2.75, 3.05) is 19.1 Å². The maximum atomic E-state index is 14.2. The van der Waals surface area contributed by atoms with Crippen LogP contribution in [-0.4, -0.2) is 51.1 Å². The molecule has 38 heavy (non-hydrogen) atoms. The van der Waals surface area contributed by atoms with Crippen LogP contribution in [0.3, 0.4) is 0 Å². The van der Waals surface area contributed by atoms with Crippen molar-refractivity contribution in [2.45, 2.75) is 45.3 Å². The van der Waals surface area contributed by atoms with Crippen LogP contribution in [-0.2, 0) is 23.2 Å². The topological polar surface area (TPSA) is 104 Å². The van der Waals surface area contributed by atoms with Gasteiger partial charge in [-0.05, 0) is 56.7 Å². The van der Waals surface area contributed by atoms with Gasteiger partial charge in [-0.15, -0.1) is 5.10 Å². The SMILES string of the molecule is CCC(C)(C)NC(=O)[C@H](c1cccn1C)N(C(=O)Cn1nnc2ccccc21)c1ccc(OC)cc1OC. The lowest BCUT2D eigenvalue weighted by Gasteiger charge is -2.35. The second kappa shape index (κ2) is 11.0. The van der Waals surface area contributed by atoms with Crippen molar-refractivity contribution in [3.8, 4) is 11.5 Å². The van der Waals surface area contributed by atoms with Crippen molar-refractivity contribution >= 4 is 28.5 Å². The molecular formula is C28H34N6O4. The van der Waals surface area contributed by atoms with Gasteiger partial charge in [0, 0.05) is 24.8 Å². The molecule has 0 radical (unpaired) electrons. The summed E-state index contributed by atoms with van der Waals surface area (Å²) in [7, 11) is 4.92. The minimum Gasteiger partial charge on any atom is -0.497 e. The van der Waals surface area contributed by atoms with E-state index in [1.165, 1.54) is 16.7 Å². The van der Waals surface area contributed by atoms with Crippen molar-refractivity contribution < 1.29 is 19.1 Å². The molecule has 4 aromatic rings. The second-order valence-corrected chi connectivity index (χ2v) is 9.71. The molecule has 0 saturated heterocycles. The van der Waals surface area contributed by atoms with Crippen LogP contribution in [0, 0.1) is 0 Å². The van der Waals surface area contributed by atoms with Gasteiger partial charge in [0.25, 0.3) is 0 Å². The van der Waals surface area contributed by atoms with Crippen LogP contribution in [0.15, 0.2) is 60.8 Å². The van der Waals surface area contributed by atoms with Crippen LogP contribution in [0.1, 0.15) is 38.9 Å². The van der Waals surface area contributed by atoms with Crippen LogP contribution in [0.5, 0.6) is 11.5 Å². The van der Waals surface area contributed by atoms with Gasteiger partial charge in [0.1, 0.15) is 23.6 Å². The third kappa shape index (κ3) is 5.34. The smallest absolute Gasteiger partial charge is 0.249 e. The molecule has 0 aliphatic carbocycles. The molecule has 0 fully saturated rings. The fourth-order valence-electron chi connectivity index (χ4n) is 4.27. The van der Waals surface area contributed by atoms with E-state index in [9.17, 15) is 9.59 Å². The summed E-state index contributed by atoms with van der Waals surface area (Å²) in [5.41, 5.74) is 1.98. The van der Waals surface area contributed by atoms with E-state index in [1.54, 1.807) is 25.3 Å². The van der Waals surface area contributed by atoms with Crippen LogP contribution >= 0.6 is 0 Å². The summed E-state index contributed by atoms with van der Waals surface area (Å²) in [5.74, 6) is 0.281. The van der Waals surface area contributed by atoms with Crippen molar-refractivity contribution in [1.82, 2.24) is 24.9 Å². The highest BCUT2D eigenvalue weighted by atomic mass is 16.5. The Morgan fingerprint density at radius 3 is 2.50 bits per heavy atom. The minimum atomic E-state index is -0.995. The molecule has 0 spiro atoms. The number of benzene rings is 2. The Kier molecular flexibility index (Phi) is 7.70. The number of hydrogen-bond donors (Lipinski definition) is 1. The van der Waals surface area contributed by atoms with Gasteiger partial charge in [-0.2, -0.15) is 0 Å². The number of aryl methyl sites for hydroxylation is 1. The number of aromatic nitrogens is 4. The van der Waals surface area contributed by atoms with Crippen LogP contribution in [0.25, 0.3) is 11.0 Å². The summed E-state index contributed by atoms with van der Waals surface area (Å²) < 4.78 is 14.4. The van der Waals surface area contributed by atoms with Crippen LogP contribution in [0.4, 0.5) is 5.69 Å². The molecule has 0 aliphatic heterocycles. The zero-order valence-corrected chi connectivity index (χ0v) is 22.6. The van der Waals surface area contributed by atoms with Gasteiger partial charge in [-0.3, -0.25) is 14.5 Å². The highest BCUT2D eigenvalue weighted by Gasteiger charge is 2.38. The molecule has 0 aliphatic rings. The Hall–Kier alpha value is -4.34. The monoisotopic (exact) mass is 518 g/mol. The Morgan fingerprint density at radius 2 is 1.84 bits per heavy atom. The van der Waals surface area contributed by atoms with E-state index in [-0.39, 0.29) is 18.4 Å². The Balaban J connectivity index is 1.88. The number of ether oxygens (including phenoxy) is 2. The van der Waals surface area contributed by atoms with Crippen molar-refractivity contribution in [3.05, 3.63) is 66.5 Å². The average Bonchev–Trinajstić information content (AvgIpc) is 3.52. The van der Waals surface area contributed by atoms with Crippen molar-refractivity contribution in [1.29, 1.82) is 0 Å². The van der Waals surface area contributed by atoms with Crippen molar-refractivity contribution in [2.24, 2.45) is 7.05 Å². The summed E-state index contributed by atoms with van der Waals surface area (Å²) in [6.45, 7) is 5.77. The number of para-hydroxylation sites is 1. The number of amides is 2. The zero-order chi connectivity index (χ0) is 27.4. The molecule has 200 valence electrons. The van der Waals surface area contributed by atoms with Crippen LogP contribution in [0.2, 0.25) is 0 Å². The summed E-state index contributed by atoms with van der Waals surface area (Å²) in [5, 5.41) is 11.5. The molecule has 1 N–H and O–H groups in total. The van der Waals surface area contributed by atoms with Gasteiger partial charge >= 0.3 is 0 Å². The molecule has 10 heteroatoms. The van der Waals surface area contributed by atoms with E-state index < -0.39 is 11.6 Å². The number of carbonyl (C=O) groups is 2. The number of methoxy groups -OCH3 is 2.